The maximum atomic E-state index is 14.5. The molecule has 4 aromatic rings. The van der Waals surface area contributed by atoms with Crippen LogP contribution in [0.3, 0.4) is 0 Å². The molecular formula is C22H16F5N3O. The van der Waals surface area contributed by atoms with Crippen LogP contribution >= 0.6 is 0 Å². The van der Waals surface area contributed by atoms with Crippen molar-refractivity contribution in [2.24, 2.45) is 0 Å². The lowest BCUT2D eigenvalue weighted by Crippen LogP contribution is -2.08. The number of rotatable bonds is 3. The first kappa shape index (κ1) is 20.8. The average Bonchev–Trinajstić information content (AvgIpc) is 3.07. The quantitative estimate of drug-likeness (QED) is 0.392. The van der Waals surface area contributed by atoms with E-state index >= 15 is 0 Å². The van der Waals surface area contributed by atoms with Gasteiger partial charge in [-0.25, -0.2) is 13.8 Å². The average molecular weight is 433 g/mol. The van der Waals surface area contributed by atoms with E-state index in [0.717, 1.165) is 28.8 Å². The Bertz CT molecular complexity index is 1290. The van der Waals surface area contributed by atoms with Crippen LogP contribution in [0.1, 0.15) is 31.0 Å². The molecule has 2 aromatic carbocycles. The molecule has 0 saturated heterocycles. The summed E-state index contributed by atoms with van der Waals surface area (Å²) in [6.07, 6.45) is -2.41. The number of phenolic OH excluding ortho intramolecular Hbond substituents is 1. The molecule has 0 aliphatic rings. The molecule has 9 heteroatoms. The van der Waals surface area contributed by atoms with Gasteiger partial charge in [0, 0.05) is 23.4 Å². The van der Waals surface area contributed by atoms with Crippen molar-refractivity contribution in [2.75, 3.05) is 0 Å². The molecule has 31 heavy (non-hydrogen) atoms. The van der Waals surface area contributed by atoms with Gasteiger partial charge in [-0.2, -0.15) is 13.2 Å². The van der Waals surface area contributed by atoms with Crippen LogP contribution in [0.2, 0.25) is 0 Å². The van der Waals surface area contributed by atoms with Crippen molar-refractivity contribution in [3.8, 4) is 28.3 Å². The number of fused-ring (bicyclic) bond motifs is 1. The number of aromatic nitrogens is 3. The van der Waals surface area contributed by atoms with Crippen LogP contribution in [0.25, 0.3) is 28.2 Å². The maximum Gasteiger partial charge on any atom is 0.435 e. The molecule has 0 aliphatic heterocycles. The SMILES string of the molecule is CC(C)c1cc(-c2cn3c(-c4ccc(O)cc4F)c(C(F)(F)F)nc3cn2)ccc1F. The predicted molar refractivity (Wildman–Crippen MR) is 105 cm³/mol. The minimum Gasteiger partial charge on any atom is -0.508 e. The lowest BCUT2D eigenvalue weighted by atomic mass is 9.99. The van der Waals surface area contributed by atoms with Crippen LogP contribution in [-0.4, -0.2) is 19.5 Å². The summed E-state index contributed by atoms with van der Waals surface area (Å²) in [7, 11) is 0. The van der Waals surface area contributed by atoms with E-state index in [2.05, 4.69) is 9.97 Å². The molecule has 0 spiro atoms. The van der Waals surface area contributed by atoms with Gasteiger partial charge in [0.2, 0.25) is 0 Å². The van der Waals surface area contributed by atoms with Crippen LogP contribution in [0.5, 0.6) is 5.75 Å². The molecule has 1 N–H and O–H groups in total. The number of nitrogens with zero attached hydrogens (tertiary/aromatic N) is 3. The number of phenols is 1. The highest BCUT2D eigenvalue weighted by atomic mass is 19.4. The Morgan fingerprint density at radius 2 is 1.74 bits per heavy atom. The summed E-state index contributed by atoms with van der Waals surface area (Å²) in [5, 5.41) is 9.44. The second-order valence-electron chi connectivity index (χ2n) is 7.36. The van der Waals surface area contributed by atoms with E-state index in [1.807, 2.05) is 13.8 Å². The lowest BCUT2D eigenvalue weighted by molar-refractivity contribution is -0.140. The molecule has 2 heterocycles. The number of hydrogen-bond acceptors (Lipinski definition) is 3. The van der Waals surface area contributed by atoms with Crippen LogP contribution in [0, 0.1) is 11.6 Å². The summed E-state index contributed by atoms with van der Waals surface area (Å²) in [6, 6.07) is 7.19. The van der Waals surface area contributed by atoms with E-state index in [1.165, 1.54) is 18.3 Å². The maximum absolute atomic E-state index is 14.5. The van der Waals surface area contributed by atoms with Crippen LogP contribution in [-0.2, 0) is 6.18 Å². The minimum atomic E-state index is -4.85. The van der Waals surface area contributed by atoms with Gasteiger partial charge in [-0.3, -0.25) is 9.38 Å². The third kappa shape index (κ3) is 3.71. The minimum absolute atomic E-state index is 0.115. The van der Waals surface area contributed by atoms with Gasteiger partial charge in [-0.05, 0) is 41.8 Å². The summed E-state index contributed by atoms with van der Waals surface area (Å²) < 4.78 is 70.7. The summed E-state index contributed by atoms with van der Waals surface area (Å²) >= 11 is 0. The van der Waals surface area contributed by atoms with Crippen LogP contribution in [0.4, 0.5) is 22.0 Å². The normalized spacial score (nSPS) is 12.1. The third-order valence-electron chi connectivity index (χ3n) is 4.90. The number of imidazole rings is 1. The Balaban J connectivity index is 1.99. The number of alkyl halides is 3. The standard InChI is InChI=1S/C22H16F5N3O/c1-11(2)15-7-12(3-6-16(15)23)18-10-30-19(9-28-18)29-21(22(25,26)27)20(30)14-5-4-13(31)8-17(14)24/h3-11,31H,1-2H3. The highest BCUT2D eigenvalue weighted by molar-refractivity contribution is 5.71. The lowest BCUT2D eigenvalue weighted by Gasteiger charge is -2.11. The van der Waals surface area contributed by atoms with Gasteiger partial charge < -0.3 is 5.11 Å². The highest BCUT2D eigenvalue weighted by Gasteiger charge is 2.39. The Kier molecular flexibility index (Phi) is 4.91. The van der Waals surface area contributed by atoms with Crippen molar-refractivity contribution < 1.29 is 27.1 Å². The van der Waals surface area contributed by atoms with E-state index < -0.39 is 34.9 Å². The first-order valence-electron chi connectivity index (χ1n) is 9.30. The van der Waals surface area contributed by atoms with Crippen molar-refractivity contribution >= 4 is 5.65 Å². The predicted octanol–water partition coefficient (Wildman–Crippen LogP) is 6.19. The second kappa shape index (κ2) is 7.33. The highest BCUT2D eigenvalue weighted by Crippen LogP contribution is 2.39. The molecular weight excluding hydrogens is 417 g/mol. The fourth-order valence-electron chi connectivity index (χ4n) is 3.40. The third-order valence-corrected chi connectivity index (χ3v) is 4.90. The molecule has 0 amide bonds. The molecule has 4 rings (SSSR count). The zero-order valence-corrected chi connectivity index (χ0v) is 16.4. The van der Waals surface area contributed by atoms with E-state index in [0.29, 0.717) is 11.1 Å². The van der Waals surface area contributed by atoms with E-state index in [1.54, 1.807) is 6.07 Å². The summed E-state index contributed by atoms with van der Waals surface area (Å²) in [4.78, 5) is 7.77. The van der Waals surface area contributed by atoms with Gasteiger partial charge in [-0.15, -0.1) is 0 Å². The molecule has 2 aromatic heterocycles. The van der Waals surface area contributed by atoms with E-state index in [4.69, 9.17) is 0 Å². The topological polar surface area (TPSA) is 50.4 Å². The Morgan fingerprint density at radius 3 is 2.39 bits per heavy atom. The fraction of sp³-hybridized carbons (Fsp3) is 0.182. The van der Waals surface area contributed by atoms with Gasteiger partial charge >= 0.3 is 6.18 Å². The van der Waals surface area contributed by atoms with Crippen molar-refractivity contribution in [1.82, 2.24) is 14.4 Å². The van der Waals surface area contributed by atoms with Crippen molar-refractivity contribution in [3.63, 3.8) is 0 Å². The monoisotopic (exact) mass is 433 g/mol. The van der Waals surface area contributed by atoms with E-state index in [9.17, 15) is 27.1 Å². The van der Waals surface area contributed by atoms with Gasteiger partial charge in [0.15, 0.2) is 11.3 Å². The summed E-state index contributed by atoms with van der Waals surface area (Å²) in [6.45, 7) is 3.63. The number of benzene rings is 2. The second-order valence-corrected chi connectivity index (χ2v) is 7.36. The van der Waals surface area contributed by atoms with Gasteiger partial charge in [0.05, 0.1) is 17.6 Å². The van der Waals surface area contributed by atoms with Gasteiger partial charge in [0.25, 0.3) is 0 Å². The molecule has 160 valence electrons. The van der Waals surface area contributed by atoms with Crippen LogP contribution in [0.15, 0.2) is 48.8 Å². The zero-order valence-electron chi connectivity index (χ0n) is 16.4. The van der Waals surface area contributed by atoms with Crippen molar-refractivity contribution in [1.29, 1.82) is 0 Å². The van der Waals surface area contributed by atoms with Crippen molar-refractivity contribution in [3.05, 3.63) is 71.7 Å². The molecule has 0 saturated carbocycles. The molecule has 0 aliphatic carbocycles. The number of hydrogen-bond donors (Lipinski definition) is 1. The Hall–Kier alpha value is -3.49. The van der Waals surface area contributed by atoms with Gasteiger partial charge in [0.1, 0.15) is 17.4 Å². The zero-order chi connectivity index (χ0) is 22.5. The molecule has 0 bridgehead atoms. The molecule has 0 radical (unpaired) electrons. The van der Waals surface area contributed by atoms with Crippen LogP contribution < -0.4 is 0 Å². The number of aromatic hydroxyl groups is 1. The van der Waals surface area contributed by atoms with E-state index in [-0.39, 0.29) is 22.8 Å². The number of halogens is 5. The summed E-state index contributed by atoms with van der Waals surface area (Å²) in [5.74, 6) is -1.96. The largest absolute Gasteiger partial charge is 0.508 e. The smallest absolute Gasteiger partial charge is 0.435 e. The van der Waals surface area contributed by atoms with Crippen molar-refractivity contribution in [2.45, 2.75) is 25.9 Å². The summed E-state index contributed by atoms with van der Waals surface area (Å²) in [5.41, 5.74) is -1.12. The van der Waals surface area contributed by atoms with Gasteiger partial charge in [-0.1, -0.05) is 13.8 Å². The first-order chi connectivity index (χ1) is 14.6. The fourth-order valence-corrected chi connectivity index (χ4v) is 3.40. The molecule has 0 atom stereocenters. The molecule has 4 nitrogen and oxygen atoms in total. The Morgan fingerprint density at radius 1 is 1.00 bits per heavy atom. The molecule has 0 unspecified atom stereocenters. The Labute approximate surface area is 173 Å². The first-order valence-corrected chi connectivity index (χ1v) is 9.30. The molecule has 0 fully saturated rings.